The third kappa shape index (κ3) is 2.92. The quantitative estimate of drug-likeness (QED) is 0.789. The van der Waals surface area contributed by atoms with E-state index in [1.807, 2.05) is 19.9 Å². The van der Waals surface area contributed by atoms with Crippen LogP contribution in [0.15, 0.2) is 39.9 Å². The van der Waals surface area contributed by atoms with Crippen LogP contribution in [0.2, 0.25) is 0 Å². The summed E-state index contributed by atoms with van der Waals surface area (Å²) in [4.78, 5) is 36.6. The van der Waals surface area contributed by atoms with Crippen LogP contribution in [0.4, 0.5) is 0 Å². The lowest BCUT2D eigenvalue weighted by molar-refractivity contribution is 0.0879. The lowest BCUT2D eigenvalue weighted by Crippen LogP contribution is -2.30. The highest BCUT2D eigenvalue weighted by atomic mass is 16.2. The molecular weight excluding hydrogens is 308 g/mol. The van der Waals surface area contributed by atoms with E-state index in [9.17, 15) is 14.4 Å². The molecular formula is C17H18N4O3. The maximum absolute atomic E-state index is 12.4. The zero-order chi connectivity index (χ0) is 17.3. The molecule has 0 aliphatic carbocycles. The number of benzene rings is 1. The minimum absolute atomic E-state index is 0.128. The van der Waals surface area contributed by atoms with Crippen molar-refractivity contribution in [1.29, 1.82) is 0 Å². The highest BCUT2D eigenvalue weighted by Crippen LogP contribution is 2.06. The Morgan fingerprint density at radius 2 is 1.88 bits per heavy atom. The predicted octanol–water partition coefficient (Wildman–Crippen LogP) is 1.62. The van der Waals surface area contributed by atoms with Gasteiger partial charge in [0, 0.05) is 18.7 Å². The number of nitrogens with one attached hydrogen (secondary N) is 1. The first-order chi connectivity index (χ1) is 11.5. The lowest BCUT2D eigenvalue weighted by Gasteiger charge is -2.07. The Morgan fingerprint density at radius 1 is 1.17 bits per heavy atom. The molecule has 1 aromatic carbocycles. The van der Waals surface area contributed by atoms with Crippen LogP contribution in [0.5, 0.6) is 0 Å². The fourth-order valence-electron chi connectivity index (χ4n) is 2.78. The summed E-state index contributed by atoms with van der Waals surface area (Å²) < 4.78 is 2.64. The molecule has 0 atom stereocenters. The van der Waals surface area contributed by atoms with Gasteiger partial charge in [-0.25, -0.2) is 9.36 Å². The highest BCUT2D eigenvalue weighted by molar-refractivity contribution is 5.80. The second kappa shape index (κ2) is 6.27. The monoisotopic (exact) mass is 326 g/mol. The average Bonchev–Trinajstić information content (AvgIpc) is 2.90. The minimum atomic E-state index is -0.310. The van der Waals surface area contributed by atoms with Gasteiger partial charge in [-0.1, -0.05) is 12.1 Å². The van der Waals surface area contributed by atoms with E-state index in [1.54, 1.807) is 24.3 Å². The van der Waals surface area contributed by atoms with E-state index in [0.717, 1.165) is 11.4 Å². The molecule has 2 aromatic heterocycles. The van der Waals surface area contributed by atoms with Crippen LogP contribution in [0.1, 0.15) is 29.0 Å². The van der Waals surface area contributed by atoms with E-state index in [2.05, 4.69) is 10.2 Å². The molecule has 0 aliphatic rings. The van der Waals surface area contributed by atoms with Gasteiger partial charge in [0.2, 0.25) is 5.91 Å². The van der Waals surface area contributed by atoms with Crippen LogP contribution in [-0.2, 0) is 6.54 Å². The lowest BCUT2D eigenvalue weighted by atomic mass is 10.2. The number of hydrogen-bond donors (Lipinski definition) is 1. The molecule has 3 rings (SSSR count). The summed E-state index contributed by atoms with van der Waals surface area (Å²) >= 11 is 0. The molecule has 0 radical (unpaired) electrons. The molecule has 1 N–H and O–H groups in total. The zero-order valence-corrected chi connectivity index (χ0v) is 13.6. The van der Waals surface area contributed by atoms with Crippen molar-refractivity contribution in [3.8, 4) is 0 Å². The van der Waals surface area contributed by atoms with Gasteiger partial charge in [-0.2, -0.15) is 5.10 Å². The fourth-order valence-corrected chi connectivity index (χ4v) is 2.78. The Hall–Kier alpha value is -2.96. The number of H-pyrrole nitrogens is 1. The first-order valence-corrected chi connectivity index (χ1v) is 7.75. The van der Waals surface area contributed by atoms with Crippen LogP contribution in [0.25, 0.3) is 10.8 Å². The van der Waals surface area contributed by atoms with Crippen LogP contribution < -0.4 is 11.1 Å². The van der Waals surface area contributed by atoms with E-state index in [1.165, 1.54) is 9.36 Å². The average molecular weight is 326 g/mol. The number of rotatable bonds is 4. The zero-order valence-electron chi connectivity index (χ0n) is 13.6. The Morgan fingerprint density at radius 3 is 2.54 bits per heavy atom. The van der Waals surface area contributed by atoms with E-state index in [4.69, 9.17) is 0 Å². The Labute approximate surface area is 137 Å². The van der Waals surface area contributed by atoms with Gasteiger partial charge in [-0.05, 0) is 38.5 Å². The van der Waals surface area contributed by atoms with E-state index >= 15 is 0 Å². The molecule has 0 saturated heterocycles. The third-order valence-corrected chi connectivity index (χ3v) is 3.90. The van der Waals surface area contributed by atoms with Gasteiger partial charge in [0.25, 0.3) is 11.1 Å². The van der Waals surface area contributed by atoms with Crippen LogP contribution in [0, 0.1) is 13.8 Å². The number of hydrogen-bond acceptors (Lipinski definition) is 4. The molecule has 7 heteroatoms. The first kappa shape index (κ1) is 15.9. The van der Waals surface area contributed by atoms with E-state index < -0.39 is 0 Å². The van der Waals surface area contributed by atoms with Gasteiger partial charge in [0.15, 0.2) is 0 Å². The molecule has 0 saturated carbocycles. The molecule has 2 heterocycles. The largest absolute Gasteiger partial charge is 0.273 e. The molecule has 0 unspecified atom stereocenters. The number of aryl methyl sites for hydroxylation is 3. The summed E-state index contributed by atoms with van der Waals surface area (Å²) in [7, 11) is 0. The van der Waals surface area contributed by atoms with Gasteiger partial charge >= 0.3 is 0 Å². The van der Waals surface area contributed by atoms with Crippen LogP contribution in [0.3, 0.4) is 0 Å². The molecule has 0 fully saturated rings. The van der Waals surface area contributed by atoms with Crippen molar-refractivity contribution in [3.63, 3.8) is 0 Å². The van der Waals surface area contributed by atoms with Crippen molar-refractivity contribution >= 4 is 16.7 Å². The van der Waals surface area contributed by atoms with Crippen molar-refractivity contribution in [2.75, 3.05) is 0 Å². The molecule has 7 nitrogen and oxygen atoms in total. The Kier molecular flexibility index (Phi) is 4.16. The van der Waals surface area contributed by atoms with E-state index in [-0.39, 0.29) is 30.0 Å². The fraction of sp³-hybridized carbons (Fsp3) is 0.294. The normalized spacial score (nSPS) is 11.1. The van der Waals surface area contributed by atoms with Crippen LogP contribution in [-0.4, -0.2) is 25.5 Å². The van der Waals surface area contributed by atoms with Gasteiger partial charge in [-0.15, -0.1) is 0 Å². The van der Waals surface area contributed by atoms with Crippen molar-refractivity contribution in [2.45, 2.75) is 33.2 Å². The van der Waals surface area contributed by atoms with Crippen LogP contribution >= 0.6 is 0 Å². The molecule has 3 aromatic rings. The highest BCUT2D eigenvalue weighted by Gasteiger charge is 2.11. The summed E-state index contributed by atoms with van der Waals surface area (Å²) in [5.41, 5.74) is 1.00. The Bertz CT molecular complexity index is 1030. The summed E-state index contributed by atoms with van der Waals surface area (Å²) in [6.45, 7) is 3.92. The van der Waals surface area contributed by atoms with E-state index in [0.29, 0.717) is 17.2 Å². The number of carbonyl (C=O) groups excluding carboxylic acids is 1. The summed E-state index contributed by atoms with van der Waals surface area (Å²) in [6.07, 6.45) is 0.675. The third-order valence-electron chi connectivity index (χ3n) is 3.90. The van der Waals surface area contributed by atoms with Crippen molar-refractivity contribution in [3.05, 3.63) is 62.4 Å². The molecule has 124 valence electrons. The summed E-state index contributed by atoms with van der Waals surface area (Å²) in [6, 6.07) is 8.52. The molecule has 0 amide bonds. The van der Waals surface area contributed by atoms with Crippen molar-refractivity contribution in [2.24, 2.45) is 0 Å². The molecule has 24 heavy (non-hydrogen) atoms. The van der Waals surface area contributed by atoms with Crippen molar-refractivity contribution < 1.29 is 4.79 Å². The number of fused-ring (bicyclic) bond motifs is 1. The number of carbonyl (C=O) groups is 1. The topological polar surface area (TPSA) is 89.8 Å². The van der Waals surface area contributed by atoms with Gasteiger partial charge < -0.3 is 0 Å². The van der Waals surface area contributed by atoms with Gasteiger partial charge in [-0.3, -0.25) is 19.5 Å². The SMILES string of the molecule is Cc1cc(C)n(C(=O)CCCn2[nH]c(=O)c3ccccc3c2=O)n1. The molecule has 0 spiro atoms. The number of aromatic amines is 1. The summed E-state index contributed by atoms with van der Waals surface area (Å²) in [5, 5.41) is 7.46. The Balaban J connectivity index is 1.76. The molecule has 0 aliphatic heterocycles. The second-order valence-corrected chi connectivity index (χ2v) is 5.78. The van der Waals surface area contributed by atoms with Crippen molar-refractivity contribution in [1.82, 2.24) is 19.6 Å². The van der Waals surface area contributed by atoms with Gasteiger partial charge in [0.05, 0.1) is 16.5 Å². The summed E-state index contributed by atoms with van der Waals surface area (Å²) in [5.74, 6) is -0.128. The maximum Gasteiger partial charge on any atom is 0.273 e. The standard InChI is InChI=1S/C17H18N4O3/c1-11-10-12(2)21(18-11)15(22)8-5-9-20-17(24)14-7-4-3-6-13(14)16(23)19-20/h3-4,6-7,10H,5,8-9H2,1-2H3,(H,19,23). The number of aromatic nitrogens is 4. The number of nitrogens with zero attached hydrogens (tertiary/aromatic N) is 3. The maximum atomic E-state index is 12.4. The minimum Gasteiger partial charge on any atom is -0.273 e. The first-order valence-electron chi connectivity index (χ1n) is 7.75. The predicted molar refractivity (Wildman–Crippen MR) is 90.4 cm³/mol. The smallest absolute Gasteiger partial charge is 0.273 e. The molecule has 0 bridgehead atoms. The van der Waals surface area contributed by atoms with Gasteiger partial charge in [0.1, 0.15) is 0 Å². The second-order valence-electron chi connectivity index (χ2n) is 5.78.